The van der Waals surface area contributed by atoms with E-state index in [2.05, 4.69) is 10.2 Å². The Morgan fingerprint density at radius 1 is 1.35 bits per heavy atom. The van der Waals surface area contributed by atoms with E-state index in [1.54, 1.807) is 13.8 Å². The standard InChI is InChI=1S/C13H19FN2O/c1-9-7-13(16-5-3-15-4-6-16)11(10(2)17)8-12(9)14/h7-8,10,15,17H,3-6H2,1-2H3. The van der Waals surface area contributed by atoms with Gasteiger partial charge in [0, 0.05) is 37.4 Å². The Labute approximate surface area is 101 Å². The number of aryl methyl sites for hydroxylation is 1. The van der Waals surface area contributed by atoms with Crippen LogP contribution >= 0.6 is 0 Å². The summed E-state index contributed by atoms with van der Waals surface area (Å²) >= 11 is 0. The maximum Gasteiger partial charge on any atom is 0.126 e. The van der Waals surface area contributed by atoms with Gasteiger partial charge in [0.1, 0.15) is 5.82 Å². The van der Waals surface area contributed by atoms with Crippen molar-refractivity contribution in [1.29, 1.82) is 0 Å². The van der Waals surface area contributed by atoms with Gasteiger partial charge in [0.15, 0.2) is 0 Å². The highest BCUT2D eigenvalue weighted by atomic mass is 19.1. The van der Waals surface area contributed by atoms with Crippen LogP contribution in [0, 0.1) is 12.7 Å². The summed E-state index contributed by atoms with van der Waals surface area (Å²) in [7, 11) is 0. The highest BCUT2D eigenvalue weighted by Gasteiger charge is 2.18. The van der Waals surface area contributed by atoms with Gasteiger partial charge in [0.2, 0.25) is 0 Å². The molecule has 17 heavy (non-hydrogen) atoms. The molecular formula is C13H19FN2O. The van der Waals surface area contributed by atoms with E-state index >= 15 is 0 Å². The number of aliphatic hydroxyl groups excluding tert-OH is 1. The zero-order chi connectivity index (χ0) is 12.4. The van der Waals surface area contributed by atoms with E-state index in [0.29, 0.717) is 11.1 Å². The zero-order valence-corrected chi connectivity index (χ0v) is 10.3. The van der Waals surface area contributed by atoms with Crippen molar-refractivity contribution >= 4 is 5.69 Å². The van der Waals surface area contributed by atoms with E-state index in [0.717, 1.165) is 31.9 Å². The minimum absolute atomic E-state index is 0.250. The third-order valence-electron chi connectivity index (χ3n) is 3.22. The second-order valence-corrected chi connectivity index (χ2v) is 4.57. The molecule has 0 amide bonds. The maximum absolute atomic E-state index is 13.5. The van der Waals surface area contributed by atoms with Crippen LogP contribution in [0.4, 0.5) is 10.1 Å². The molecule has 94 valence electrons. The number of piperazine rings is 1. The first kappa shape index (κ1) is 12.3. The summed E-state index contributed by atoms with van der Waals surface area (Å²) < 4.78 is 13.5. The Bertz CT molecular complexity index is 401. The first-order valence-corrected chi connectivity index (χ1v) is 6.03. The number of benzene rings is 1. The number of nitrogens with one attached hydrogen (secondary N) is 1. The number of halogens is 1. The van der Waals surface area contributed by atoms with E-state index in [4.69, 9.17) is 0 Å². The van der Waals surface area contributed by atoms with Crippen molar-refractivity contribution in [2.75, 3.05) is 31.1 Å². The van der Waals surface area contributed by atoms with Crippen LogP contribution in [0.15, 0.2) is 12.1 Å². The van der Waals surface area contributed by atoms with E-state index < -0.39 is 6.10 Å². The second kappa shape index (κ2) is 5.02. The molecule has 1 saturated heterocycles. The summed E-state index contributed by atoms with van der Waals surface area (Å²) in [5.41, 5.74) is 2.26. The number of hydrogen-bond donors (Lipinski definition) is 2. The summed E-state index contributed by atoms with van der Waals surface area (Å²) in [5.74, 6) is -0.250. The smallest absolute Gasteiger partial charge is 0.126 e. The molecule has 0 aliphatic carbocycles. The summed E-state index contributed by atoms with van der Waals surface area (Å²) in [6.45, 7) is 7.07. The lowest BCUT2D eigenvalue weighted by Crippen LogP contribution is -2.44. The molecule has 1 aliphatic heterocycles. The molecule has 1 aromatic rings. The average molecular weight is 238 g/mol. The number of anilines is 1. The topological polar surface area (TPSA) is 35.5 Å². The van der Waals surface area contributed by atoms with Crippen LogP contribution in [-0.2, 0) is 0 Å². The number of aliphatic hydroxyl groups is 1. The monoisotopic (exact) mass is 238 g/mol. The lowest BCUT2D eigenvalue weighted by Gasteiger charge is -2.32. The minimum atomic E-state index is -0.644. The van der Waals surface area contributed by atoms with E-state index in [1.165, 1.54) is 6.07 Å². The lowest BCUT2D eigenvalue weighted by atomic mass is 10.0. The van der Waals surface area contributed by atoms with Gasteiger partial charge in [-0.25, -0.2) is 4.39 Å². The SMILES string of the molecule is Cc1cc(N2CCNCC2)c(C(C)O)cc1F. The van der Waals surface area contributed by atoms with Crippen molar-refractivity contribution in [3.63, 3.8) is 0 Å². The fraction of sp³-hybridized carbons (Fsp3) is 0.538. The maximum atomic E-state index is 13.5. The predicted molar refractivity (Wildman–Crippen MR) is 66.9 cm³/mol. The second-order valence-electron chi connectivity index (χ2n) is 4.57. The number of nitrogens with zero attached hydrogens (tertiary/aromatic N) is 1. The molecule has 1 fully saturated rings. The molecule has 1 unspecified atom stereocenters. The Kier molecular flexibility index (Phi) is 3.64. The molecule has 2 N–H and O–H groups in total. The van der Waals surface area contributed by atoms with Crippen molar-refractivity contribution in [2.24, 2.45) is 0 Å². The molecule has 4 heteroatoms. The Morgan fingerprint density at radius 3 is 2.59 bits per heavy atom. The molecule has 0 spiro atoms. The van der Waals surface area contributed by atoms with Crippen LogP contribution in [0.2, 0.25) is 0 Å². The fourth-order valence-corrected chi connectivity index (χ4v) is 2.20. The predicted octanol–water partition coefficient (Wildman–Crippen LogP) is 1.60. The summed E-state index contributed by atoms with van der Waals surface area (Å²) in [5, 5.41) is 13.0. The molecule has 1 aliphatic rings. The van der Waals surface area contributed by atoms with Crippen LogP contribution in [-0.4, -0.2) is 31.3 Å². The van der Waals surface area contributed by atoms with E-state index in [-0.39, 0.29) is 5.82 Å². The third kappa shape index (κ3) is 2.58. The van der Waals surface area contributed by atoms with Crippen LogP contribution in [0.3, 0.4) is 0 Å². The largest absolute Gasteiger partial charge is 0.389 e. The van der Waals surface area contributed by atoms with Crippen molar-refractivity contribution in [3.05, 3.63) is 29.1 Å². The summed E-state index contributed by atoms with van der Waals surface area (Å²) in [4.78, 5) is 2.20. The molecule has 0 radical (unpaired) electrons. The fourth-order valence-electron chi connectivity index (χ4n) is 2.20. The van der Waals surface area contributed by atoms with E-state index in [9.17, 15) is 9.50 Å². The van der Waals surface area contributed by atoms with Crippen molar-refractivity contribution in [3.8, 4) is 0 Å². The molecule has 0 aromatic heterocycles. The Hall–Kier alpha value is -1.13. The van der Waals surface area contributed by atoms with Crippen LogP contribution in [0.1, 0.15) is 24.2 Å². The third-order valence-corrected chi connectivity index (χ3v) is 3.22. The highest BCUT2D eigenvalue weighted by Crippen LogP contribution is 2.29. The lowest BCUT2D eigenvalue weighted by molar-refractivity contribution is 0.199. The van der Waals surface area contributed by atoms with Gasteiger partial charge in [-0.3, -0.25) is 0 Å². The molecule has 3 nitrogen and oxygen atoms in total. The van der Waals surface area contributed by atoms with Gasteiger partial charge in [-0.15, -0.1) is 0 Å². The van der Waals surface area contributed by atoms with Crippen LogP contribution in [0.25, 0.3) is 0 Å². The average Bonchev–Trinajstić information content (AvgIpc) is 2.33. The molecular weight excluding hydrogens is 219 g/mol. The Balaban J connectivity index is 2.39. The first-order valence-electron chi connectivity index (χ1n) is 6.03. The summed E-state index contributed by atoms with van der Waals surface area (Å²) in [6, 6.07) is 3.29. The number of hydrogen-bond acceptors (Lipinski definition) is 3. The summed E-state index contributed by atoms with van der Waals surface area (Å²) in [6.07, 6.45) is -0.644. The Morgan fingerprint density at radius 2 is 2.00 bits per heavy atom. The minimum Gasteiger partial charge on any atom is -0.389 e. The van der Waals surface area contributed by atoms with Gasteiger partial charge in [-0.05, 0) is 31.5 Å². The number of rotatable bonds is 2. The van der Waals surface area contributed by atoms with Crippen LogP contribution < -0.4 is 10.2 Å². The normalized spacial score (nSPS) is 18.2. The molecule has 1 atom stereocenters. The molecule has 1 aromatic carbocycles. The van der Waals surface area contributed by atoms with Gasteiger partial charge in [0.25, 0.3) is 0 Å². The van der Waals surface area contributed by atoms with Crippen molar-refractivity contribution in [1.82, 2.24) is 5.32 Å². The quantitative estimate of drug-likeness (QED) is 0.821. The molecule has 2 rings (SSSR count). The first-order chi connectivity index (χ1) is 8.09. The van der Waals surface area contributed by atoms with Crippen molar-refractivity contribution < 1.29 is 9.50 Å². The zero-order valence-electron chi connectivity index (χ0n) is 10.3. The van der Waals surface area contributed by atoms with Gasteiger partial charge < -0.3 is 15.3 Å². The van der Waals surface area contributed by atoms with Gasteiger partial charge in [-0.2, -0.15) is 0 Å². The molecule has 1 heterocycles. The van der Waals surface area contributed by atoms with Gasteiger partial charge >= 0.3 is 0 Å². The highest BCUT2D eigenvalue weighted by molar-refractivity contribution is 5.57. The van der Waals surface area contributed by atoms with Gasteiger partial charge in [0.05, 0.1) is 6.10 Å². The van der Waals surface area contributed by atoms with Crippen LogP contribution in [0.5, 0.6) is 0 Å². The van der Waals surface area contributed by atoms with Crippen molar-refractivity contribution in [2.45, 2.75) is 20.0 Å². The molecule has 0 bridgehead atoms. The van der Waals surface area contributed by atoms with E-state index in [1.807, 2.05) is 6.07 Å². The van der Waals surface area contributed by atoms with Gasteiger partial charge in [-0.1, -0.05) is 0 Å². The molecule has 0 saturated carbocycles.